The average Bonchev–Trinajstić information content (AvgIpc) is 2.59. The molecule has 1 aromatic heterocycles. The van der Waals surface area contributed by atoms with Crippen LogP contribution in [0.5, 0.6) is 0 Å². The van der Waals surface area contributed by atoms with Crippen LogP contribution in [0.4, 0.5) is 11.4 Å². The summed E-state index contributed by atoms with van der Waals surface area (Å²) in [7, 11) is 0. The Morgan fingerprint density at radius 3 is 2.35 bits per heavy atom. The van der Waals surface area contributed by atoms with E-state index in [1.165, 1.54) is 13.8 Å². The Hall–Kier alpha value is -3.22. The van der Waals surface area contributed by atoms with E-state index in [9.17, 15) is 14.4 Å². The Morgan fingerprint density at radius 2 is 1.73 bits per heavy atom. The van der Waals surface area contributed by atoms with Crippen molar-refractivity contribution in [2.75, 3.05) is 17.2 Å². The Kier molecular flexibility index (Phi) is 6.84. The fourth-order valence-corrected chi connectivity index (χ4v) is 2.37. The highest BCUT2D eigenvalue weighted by atomic mass is 16.2. The average molecular weight is 354 g/mol. The summed E-state index contributed by atoms with van der Waals surface area (Å²) in [6.45, 7) is 3.55. The standard InChI is InChI=1S/C19H22N4O3/c1-14(24)21-16-7-5-8-17(12-16)22-19(26)9-11-23(15(2)25)13-18-6-3-4-10-20-18/h3-8,10,12H,9,11,13H2,1-2H3,(H,21,24)(H,22,26). The molecular weight excluding hydrogens is 332 g/mol. The molecule has 26 heavy (non-hydrogen) atoms. The molecule has 1 aromatic carbocycles. The second kappa shape index (κ2) is 9.31. The number of hydrogen-bond acceptors (Lipinski definition) is 4. The van der Waals surface area contributed by atoms with Gasteiger partial charge in [0.15, 0.2) is 0 Å². The molecule has 0 unspecified atom stereocenters. The highest BCUT2D eigenvalue weighted by molar-refractivity contribution is 5.93. The predicted molar refractivity (Wildman–Crippen MR) is 99.3 cm³/mol. The molecular formula is C19H22N4O3. The molecule has 1 heterocycles. The zero-order valence-corrected chi connectivity index (χ0v) is 14.9. The van der Waals surface area contributed by atoms with Gasteiger partial charge in [0.2, 0.25) is 17.7 Å². The quantitative estimate of drug-likeness (QED) is 0.799. The van der Waals surface area contributed by atoms with Gasteiger partial charge in [-0.25, -0.2) is 0 Å². The van der Waals surface area contributed by atoms with Crippen LogP contribution in [0.2, 0.25) is 0 Å². The van der Waals surface area contributed by atoms with Crippen molar-refractivity contribution in [3.63, 3.8) is 0 Å². The van der Waals surface area contributed by atoms with Gasteiger partial charge in [0.25, 0.3) is 0 Å². The van der Waals surface area contributed by atoms with Crippen molar-refractivity contribution in [3.8, 4) is 0 Å². The molecule has 0 atom stereocenters. The van der Waals surface area contributed by atoms with Gasteiger partial charge in [-0.1, -0.05) is 12.1 Å². The molecule has 3 amide bonds. The van der Waals surface area contributed by atoms with Crippen molar-refractivity contribution in [2.24, 2.45) is 0 Å². The molecule has 0 saturated heterocycles. The lowest BCUT2D eigenvalue weighted by molar-refractivity contribution is -0.130. The van der Waals surface area contributed by atoms with Gasteiger partial charge in [-0.15, -0.1) is 0 Å². The van der Waals surface area contributed by atoms with E-state index in [0.717, 1.165) is 5.69 Å². The lowest BCUT2D eigenvalue weighted by Gasteiger charge is -2.20. The number of aromatic nitrogens is 1. The normalized spacial score (nSPS) is 10.1. The minimum Gasteiger partial charge on any atom is -0.337 e. The van der Waals surface area contributed by atoms with Crippen molar-refractivity contribution in [2.45, 2.75) is 26.8 Å². The minimum absolute atomic E-state index is 0.115. The van der Waals surface area contributed by atoms with Crippen LogP contribution in [-0.4, -0.2) is 34.2 Å². The zero-order chi connectivity index (χ0) is 18.9. The first-order chi connectivity index (χ1) is 12.4. The number of nitrogens with zero attached hydrogens (tertiary/aromatic N) is 2. The third-order valence-electron chi connectivity index (χ3n) is 3.60. The lowest BCUT2D eigenvalue weighted by Crippen LogP contribution is -2.31. The lowest BCUT2D eigenvalue weighted by atomic mass is 10.2. The second-order valence-electron chi connectivity index (χ2n) is 5.82. The summed E-state index contributed by atoms with van der Waals surface area (Å²) in [5.74, 6) is -0.506. The molecule has 136 valence electrons. The van der Waals surface area contributed by atoms with E-state index in [-0.39, 0.29) is 24.1 Å². The van der Waals surface area contributed by atoms with Crippen LogP contribution in [0.15, 0.2) is 48.7 Å². The Bertz CT molecular complexity index is 777. The van der Waals surface area contributed by atoms with Crippen LogP contribution < -0.4 is 10.6 Å². The van der Waals surface area contributed by atoms with Crippen LogP contribution in [0, 0.1) is 0 Å². The third-order valence-corrected chi connectivity index (χ3v) is 3.60. The third kappa shape index (κ3) is 6.35. The van der Waals surface area contributed by atoms with Gasteiger partial charge >= 0.3 is 0 Å². The fraction of sp³-hybridized carbons (Fsp3) is 0.263. The van der Waals surface area contributed by atoms with Gasteiger partial charge in [0.1, 0.15) is 0 Å². The van der Waals surface area contributed by atoms with Crippen molar-refractivity contribution >= 4 is 29.1 Å². The van der Waals surface area contributed by atoms with E-state index in [4.69, 9.17) is 0 Å². The minimum atomic E-state index is -0.211. The Labute approximate surface area is 152 Å². The van der Waals surface area contributed by atoms with Crippen LogP contribution in [-0.2, 0) is 20.9 Å². The first-order valence-corrected chi connectivity index (χ1v) is 8.27. The van der Waals surface area contributed by atoms with Gasteiger partial charge in [-0.05, 0) is 30.3 Å². The SMILES string of the molecule is CC(=O)Nc1cccc(NC(=O)CCN(Cc2ccccn2)C(C)=O)c1. The number of pyridine rings is 1. The molecule has 0 fully saturated rings. The smallest absolute Gasteiger partial charge is 0.226 e. The molecule has 2 aromatic rings. The highest BCUT2D eigenvalue weighted by Gasteiger charge is 2.12. The van der Waals surface area contributed by atoms with Crippen molar-refractivity contribution in [1.82, 2.24) is 9.88 Å². The molecule has 0 saturated carbocycles. The summed E-state index contributed by atoms with van der Waals surface area (Å²) in [4.78, 5) is 40.8. The number of hydrogen-bond donors (Lipinski definition) is 2. The Morgan fingerprint density at radius 1 is 1.00 bits per heavy atom. The molecule has 7 nitrogen and oxygen atoms in total. The molecule has 7 heteroatoms. The van der Waals surface area contributed by atoms with Crippen molar-refractivity contribution in [3.05, 3.63) is 54.4 Å². The van der Waals surface area contributed by atoms with Crippen LogP contribution in [0.1, 0.15) is 26.0 Å². The molecule has 0 radical (unpaired) electrons. The van der Waals surface area contributed by atoms with E-state index in [1.807, 2.05) is 18.2 Å². The number of carbonyl (C=O) groups excluding carboxylic acids is 3. The molecule has 0 aliphatic heterocycles. The van der Waals surface area contributed by atoms with Gasteiger partial charge in [0, 0.05) is 44.4 Å². The number of anilines is 2. The number of benzene rings is 1. The van der Waals surface area contributed by atoms with Gasteiger partial charge in [-0.3, -0.25) is 19.4 Å². The van der Waals surface area contributed by atoms with Crippen molar-refractivity contribution in [1.29, 1.82) is 0 Å². The van der Waals surface area contributed by atoms with Gasteiger partial charge in [-0.2, -0.15) is 0 Å². The van der Waals surface area contributed by atoms with E-state index < -0.39 is 0 Å². The first kappa shape index (κ1) is 19.1. The molecule has 2 rings (SSSR count). The number of nitrogens with one attached hydrogen (secondary N) is 2. The largest absolute Gasteiger partial charge is 0.337 e. The van der Waals surface area contributed by atoms with E-state index >= 15 is 0 Å². The maximum atomic E-state index is 12.2. The first-order valence-electron chi connectivity index (χ1n) is 8.27. The van der Waals surface area contributed by atoms with Crippen LogP contribution in [0.3, 0.4) is 0 Å². The number of rotatable bonds is 7. The van der Waals surface area contributed by atoms with Gasteiger partial charge < -0.3 is 15.5 Å². The second-order valence-corrected chi connectivity index (χ2v) is 5.82. The van der Waals surface area contributed by atoms with Crippen LogP contribution >= 0.6 is 0 Å². The van der Waals surface area contributed by atoms with E-state index in [0.29, 0.717) is 24.5 Å². The maximum absolute atomic E-state index is 12.2. The highest BCUT2D eigenvalue weighted by Crippen LogP contribution is 2.15. The molecule has 0 spiro atoms. The summed E-state index contributed by atoms with van der Waals surface area (Å²) in [5, 5.41) is 5.43. The fourth-order valence-electron chi connectivity index (χ4n) is 2.37. The summed E-state index contributed by atoms with van der Waals surface area (Å²) in [6, 6.07) is 12.4. The van der Waals surface area contributed by atoms with E-state index in [1.54, 1.807) is 35.4 Å². The Balaban J connectivity index is 1.90. The molecule has 0 aliphatic rings. The maximum Gasteiger partial charge on any atom is 0.226 e. The summed E-state index contributed by atoms with van der Waals surface area (Å²) in [6.07, 6.45) is 1.83. The summed E-state index contributed by atoms with van der Waals surface area (Å²) in [5.41, 5.74) is 1.96. The monoisotopic (exact) mass is 354 g/mol. The molecule has 2 N–H and O–H groups in total. The summed E-state index contributed by atoms with van der Waals surface area (Å²) >= 11 is 0. The van der Waals surface area contributed by atoms with Gasteiger partial charge in [0.05, 0.1) is 12.2 Å². The predicted octanol–water partition coefficient (Wildman–Crippen LogP) is 2.42. The summed E-state index contributed by atoms with van der Waals surface area (Å²) < 4.78 is 0. The van der Waals surface area contributed by atoms with Crippen molar-refractivity contribution < 1.29 is 14.4 Å². The zero-order valence-electron chi connectivity index (χ0n) is 14.9. The number of amides is 3. The molecule has 0 bridgehead atoms. The number of carbonyl (C=O) groups is 3. The van der Waals surface area contributed by atoms with E-state index in [2.05, 4.69) is 15.6 Å². The topological polar surface area (TPSA) is 91.4 Å². The van der Waals surface area contributed by atoms with Crippen LogP contribution in [0.25, 0.3) is 0 Å². The molecule has 0 aliphatic carbocycles.